The minimum Gasteiger partial charge on any atom is -0.340 e. The van der Waals surface area contributed by atoms with E-state index in [2.05, 4.69) is 32.1 Å². The van der Waals surface area contributed by atoms with Crippen LogP contribution in [0.2, 0.25) is 0 Å². The number of Topliss-reactive ketones (excluding diaryl/α,β-unsaturated/α-hetero) is 1. The Bertz CT molecular complexity index is 1120. The quantitative estimate of drug-likeness (QED) is 0.303. The summed E-state index contributed by atoms with van der Waals surface area (Å²) in [5.41, 5.74) is 1.01. The van der Waals surface area contributed by atoms with Gasteiger partial charge in [0, 0.05) is 32.4 Å². The minimum absolute atomic E-state index is 0.164. The van der Waals surface area contributed by atoms with Crippen molar-refractivity contribution >= 4 is 29.0 Å². The normalized spacial score (nSPS) is 14.7. The number of nitrogens with one attached hydrogen (secondary N) is 2. The standard InChI is InChI=1S/C21H25N7O2/c1-3-4-11-27-19-17(25-21(27)26-12-9-23-10-13-26)14-24-28(20(19)30)15-18(29)16(2)7-5-6-8-22/h5-8,14,22-23H,9-13,15H2,1-2H3/b6-5-,16-7+,22-8?. The first-order valence-corrected chi connectivity index (χ1v) is 9.75. The smallest absolute Gasteiger partial charge is 0.293 e. The van der Waals surface area contributed by atoms with E-state index in [0.29, 0.717) is 29.1 Å². The van der Waals surface area contributed by atoms with Crippen molar-refractivity contribution in [2.24, 2.45) is 0 Å². The molecule has 1 aliphatic heterocycles. The van der Waals surface area contributed by atoms with Crippen molar-refractivity contribution < 1.29 is 4.79 Å². The maximum Gasteiger partial charge on any atom is 0.293 e. The fourth-order valence-corrected chi connectivity index (χ4v) is 3.21. The lowest BCUT2D eigenvalue weighted by Crippen LogP contribution is -2.44. The molecule has 9 nitrogen and oxygen atoms in total. The van der Waals surface area contributed by atoms with E-state index in [4.69, 9.17) is 5.41 Å². The van der Waals surface area contributed by atoms with Gasteiger partial charge >= 0.3 is 0 Å². The molecule has 1 aliphatic rings. The number of hydrogen-bond donors (Lipinski definition) is 2. The highest BCUT2D eigenvalue weighted by Crippen LogP contribution is 2.20. The number of ketones is 1. The van der Waals surface area contributed by atoms with Gasteiger partial charge in [-0.3, -0.25) is 14.2 Å². The number of allylic oxidation sites excluding steroid dienone is 4. The van der Waals surface area contributed by atoms with Crippen LogP contribution >= 0.6 is 0 Å². The number of anilines is 1. The summed E-state index contributed by atoms with van der Waals surface area (Å²) in [4.78, 5) is 32.4. The Kier molecular flexibility index (Phi) is 6.93. The van der Waals surface area contributed by atoms with Gasteiger partial charge in [-0.1, -0.05) is 18.1 Å². The van der Waals surface area contributed by atoms with Crippen LogP contribution in [-0.2, 0) is 17.9 Å². The Hall–Kier alpha value is -3.51. The van der Waals surface area contributed by atoms with Gasteiger partial charge in [-0.25, -0.2) is 9.67 Å². The number of aromatic nitrogens is 4. The Labute approximate surface area is 174 Å². The number of nitrogens with zero attached hydrogens (tertiary/aromatic N) is 5. The number of imidazole rings is 1. The van der Waals surface area contributed by atoms with Crippen LogP contribution < -0.4 is 15.8 Å². The molecule has 0 unspecified atom stereocenters. The summed E-state index contributed by atoms with van der Waals surface area (Å²) in [7, 11) is 0. The second kappa shape index (κ2) is 9.80. The molecule has 0 saturated carbocycles. The molecule has 0 amide bonds. The minimum atomic E-state index is -0.365. The molecule has 0 bridgehead atoms. The third-order valence-electron chi connectivity index (χ3n) is 4.83. The number of rotatable bonds is 7. The lowest BCUT2D eigenvalue weighted by atomic mass is 10.2. The molecule has 0 radical (unpaired) electrons. The monoisotopic (exact) mass is 407 g/mol. The number of piperazine rings is 1. The SMILES string of the molecule is CC#CCn1c(N2CCNCC2)nc2cnn(CC(=O)/C(C)=C/C=C\C=N)c(=O)c21. The van der Waals surface area contributed by atoms with Crippen molar-refractivity contribution in [3.05, 3.63) is 40.4 Å². The summed E-state index contributed by atoms with van der Waals surface area (Å²) in [6.07, 6.45) is 7.39. The average Bonchev–Trinajstić information content (AvgIpc) is 3.14. The maximum atomic E-state index is 13.2. The molecule has 0 aromatic carbocycles. The van der Waals surface area contributed by atoms with Crippen molar-refractivity contribution in [3.8, 4) is 11.8 Å². The van der Waals surface area contributed by atoms with Gasteiger partial charge in [-0.2, -0.15) is 5.10 Å². The Morgan fingerprint density at radius 3 is 2.80 bits per heavy atom. The molecule has 3 rings (SSSR count). The zero-order valence-corrected chi connectivity index (χ0v) is 17.2. The van der Waals surface area contributed by atoms with Crippen LogP contribution in [0.1, 0.15) is 13.8 Å². The number of carbonyl (C=O) groups excluding carboxylic acids is 1. The van der Waals surface area contributed by atoms with Crippen LogP contribution in [0.25, 0.3) is 11.0 Å². The lowest BCUT2D eigenvalue weighted by Gasteiger charge is -2.28. The number of carbonyl (C=O) groups is 1. The molecule has 3 heterocycles. The molecule has 1 fully saturated rings. The van der Waals surface area contributed by atoms with E-state index in [1.165, 1.54) is 17.0 Å². The summed E-state index contributed by atoms with van der Waals surface area (Å²) in [6.45, 7) is 6.87. The fourth-order valence-electron chi connectivity index (χ4n) is 3.21. The first-order chi connectivity index (χ1) is 14.6. The zero-order chi connectivity index (χ0) is 21.5. The highest BCUT2D eigenvalue weighted by molar-refractivity contribution is 5.95. The van der Waals surface area contributed by atoms with Gasteiger partial charge in [0.05, 0.1) is 12.7 Å². The average molecular weight is 407 g/mol. The molecule has 2 N–H and O–H groups in total. The van der Waals surface area contributed by atoms with E-state index in [9.17, 15) is 9.59 Å². The molecule has 30 heavy (non-hydrogen) atoms. The van der Waals surface area contributed by atoms with Crippen LogP contribution in [0.5, 0.6) is 0 Å². The van der Waals surface area contributed by atoms with Gasteiger partial charge in [0.15, 0.2) is 5.78 Å². The first-order valence-electron chi connectivity index (χ1n) is 9.75. The largest absolute Gasteiger partial charge is 0.340 e. The molecular weight excluding hydrogens is 382 g/mol. The summed E-state index contributed by atoms with van der Waals surface area (Å²) in [5, 5.41) is 14.4. The van der Waals surface area contributed by atoms with E-state index in [1.54, 1.807) is 26.0 Å². The van der Waals surface area contributed by atoms with Gasteiger partial charge in [-0.15, -0.1) is 5.92 Å². The number of fused-ring (bicyclic) bond motifs is 1. The van der Waals surface area contributed by atoms with Gasteiger partial charge in [-0.05, 0) is 25.5 Å². The third kappa shape index (κ3) is 4.55. The van der Waals surface area contributed by atoms with Gasteiger partial charge in [0.1, 0.15) is 17.6 Å². The molecular formula is C21H25N7O2. The molecule has 2 aromatic heterocycles. The summed E-state index contributed by atoms with van der Waals surface area (Å²) < 4.78 is 2.99. The second-order valence-electron chi connectivity index (χ2n) is 6.83. The van der Waals surface area contributed by atoms with Gasteiger partial charge < -0.3 is 15.6 Å². The third-order valence-corrected chi connectivity index (χ3v) is 4.83. The van der Waals surface area contributed by atoms with Crippen molar-refractivity contribution in [1.29, 1.82) is 5.41 Å². The molecule has 156 valence electrons. The van der Waals surface area contributed by atoms with Crippen LogP contribution in [0.4, 0.5) is 5.95 Å². The highest BCUT2D eigenvalue weighted by Gasteiger charge is 2.22. The maximum absolute atomic E-state index is 13.2. The van der Waals surface area contributed by atoms with E-state index >= 15 is 0 Å². The van der Waals surface area contributed by atoms with Crippen molar-refractivity contribution in [2.75, 3.05) is 31.1 Å². The molecule has 9 heteroatoms. The second-order valence-corrected chi connectivity index (χ2v) is 6.83. The van der Waals surface area contributed by atoms with Crippen LogP contribution in [0.15, 0.2) is 34.8 Å². The molecule has 2 aromatic rings. The van der Waals surface area contributed by atoms with Crippen LogP contribution in [0, 0.1) is 17.3 Å². The van der Waals surface area contributed by atoms with Crippen LogP contribution in [-0.4, -0.2) is 57.5 Å². The van der Waals surface area contributed by atoms with E-state index < -0.39 is 0 Å². The number of hydrogen-bond acceptors (Lipinski definition) is 7. The zero-order valence-electron chi connectivity index (χ0n) is 17.2. The highest BCUT2D eigenvalue weighted by atomic mass is 16.1. The van der Waals surface area contributed by atoms with Crippen LogP contribution in [0.3, 0.4) is 0 Å². The van der Waals surface area contributed by atoms with E-state index in [0.717, 1.165) is 32.4 Å². The summed E-state index contributed by atoms with van der Waals surface area (Å²) in [5.74, 6) is 6.36. The first kappa shape index (κ1) is 21.2. The van der Waals surface area contributed by atoms with Gasteiger partial charge in [0.2, 0.25) is 5.95 Å². The molecule has 0 spiro atoms. The van der Waals surface area contributed by atoms with E-state index in [1.807, 2.05) is 4.57 Å². The summed E-state index contributed by atoms with van der Waals surface area (Å²) in [6, 6.07) is 0. The predicted molar refractivity (Wildman–Crippen MR) is 117 cm³/mol. The molecule has 0 aliphatic carbocycles. The predicted octanol–water partition coefficient (Wildman–Crippen LogP) is 0.747. The van der Waals surface area contributed by atoms with Crippen molar-refractivity contribution in [3.63, 3.8) is 0 Å². The van der Waals surface area contributed by atoms with E-state index in [-0.39, 0.29) is 17.9 Å². The molecule has 0 atom stereocenters. The Balaban J connectivity index is 2.01. The lowest BCUT2D eigenvalue weighted by molar-refractivity contribution is -0.116. The topological polar surface area (TPSA) is 109 Å². The Morgan fingerprint density at radius 1 is 1.33 bits per heavy atom. The Morgan fingerprint density at radius 2 is 2.10 bits per heavy atom. The fraction of sp³-hybridized carbons (Fsp3) is 0.381. The molecule has 1 saturated heterocycles. The van der Waals surface area contributed by atoms with Crippen molar-refractivity contribution in [1.82, 2.24) is 24.6 Å². The summed E-state index contributed by atoms with van der Waals surface area (Å²) >= 11 is 0. The van der Waals surface area contributed by atoms with Gasteiger partial charge in [0.25, 0.3) is 5.56 Å². The van der Waals surface area contributed by atoms with Crippen molar-refractivity contribution in [2.45, 2.75) is 26.9 Å².